The molecule has 1 N–H and O–H groups in total. The van der Waals surface area contributed by atoms with E-state index in [1.165, 1.54) is 21.6 Å². The molecule has 1 aliphatic heterocycles. The first kappa shape index (κ1) is 19.3. The van der Waals surface area contributed by atoms with Crippen LogP contribution in [0, 0.1) is 0 Å². The first-order valence-corrected chi connectivity index (χ1v) is 8.97. The Hall–Kier alpha value is -2.06. The number of carbonyl (C=O) groups excluding carboxylic acids is 3. The van der Waals surface area contributed by atoms with Gasteiger partial charge in [-0.3, -0.25) is 14.4 Å². The number of benzene rings is 1. The Bertz CT molecular complexity index is 663. The van der Waals surface area contributed by atoms with Crippen LogP contribution in [0.25, 0.3) is 0 Å². The van der Waals surface area contributed by atoms with Gasteiger partial charge in [-0.25, -0.2) is 0 Å². The minimum Gasteiger partial charge on any atom is -0.385 e. The summed E-state index contributed by atoms with van der Waals surface area (Å²) in [6, 6.07) is 5.25. The number of anilines is 1. The van der Waals surface area contributed by atoms with Gasteiger partial charge in [-0.1, -0.05) is 0 Å². The molecular formula is C17H23N3O4S. The number of hydrogen-bond acceptors (Lipinski definition) is 5. The maximum Gasteiger partial charge on any atom is 0.253 e. The normalized spacial score (nSPS) is 13.4. The zero-order chi connectivity index (χ0) is 18.4. The van der Waals surface area contributed by atoms with Crippen LogP contribution in [-0.2, 0) is 14.3 Å². The second-order valence-corrected chi connectivity index (χ2v) is 6.86. The Morgan fingerprint density at radius 1 is 1.36 bits per heavy atom. The maximum absolute atomic E-state index is 12.3. The van der Waals surface area contributed by atoms with E-state index < -0.39 is 0 Å². The van der Waals surface area contributed by atoms with E-state index in [1.54, 1.807) is 33.3 Å². The number of fused-ring (bicyclic) bond motifs is 1. The second kappa shape index (κ2) is 8.87. The third-order valence-electron chi connectivity index (χ3n) is 3.70. The fourth-order valence-electron chi connectivity index (χ4n) is 2.41. The molecular weight excluding hydrogens is 342 g/mol. The molecule has 136 valence electrons. The van der Waals surface area contributed by atoms with Crippen molar-refractivity contribution in [1.82, 2.24) is 10.2 Å². The third kappa shape index (κ3) is 4.96. The molecule has 0 radical (unpaired) electrons. The number of hydrogen-bond donors (Lipinski definition) is 1. The van der Waals surface area contributed by atoms with E-state index in [4.69, 9.17) is 4.74 Å². The Kier molecular flexibility index (Phi) is 6.83. The Morgan fingerprint density at radius 3 is 2.80 bits per heavy atom. The number of methoxy groups -OCH3 is 1. The van der Waals surface area contributed by atoms with Gasteiger partial charge >= 0.3 is 0 Å². The molecule has 0 aromatic heterocycles. The molecule has 0 atom stereocenters. The lowest BCUT2D eigenvalue weighted by Crippen LogP contribution is -2.43. The number of thioether (sulfide) groups is 1. The molecule has 0 spiro atoms. The lowest BCUT2D eigenvalue weighted by molar-refractivity contribution is -0.123. The van der Waals surface area contributed by atoms with Crippen LogP contribution in [0.1, 0.15) is 16.8 Å². The minimum absolute atomic E-state index is 0.0566. The fraction of sp³-hybridized carbons (Fsp3) is 0.471. The van der Waals surface area contributed by atoms with E-state index in [0.717, 1.165) is 4.90 Å². The third-order valence-corrected chi connectivity index (χ3v) is 4.75. The van der Waals surface area contributed by atoms with Crippen LogP contribution in [0.4, 0.5) is 5.69 Å². The summed E-state index contributed by atoms with van der Waals surface area (Å²) in [6.45, 7) is 1.01. The molecule has 7 nitrogen and oxygen atoms in total. The molecule has 0 saturated carbocycles. The van der Waals surface area contributed by atoms with Crippen molar-refractivity contribution < 1.29 is 19.1 Å². The number of rotatable bonds is 7. The molecule has 1 aromatic rings. The monoisotopic (exact) mass is 365 g/mol. The van der Waals surface area contributed by atoms with E-state index in [0.29, 0.717) is 30.8 Å². The van der Waals surface area contributed by atoms with Crippen molar-refractivity contribution in [3.8, 4) is 0 Å². The van der Waals surface area contributed by atoms with E-state index >= 15 is 0 Å². The average molecular weight is 365 g/mol. The topological polar surface area (TPSA) is 79.0 Å². The summed E-state index contributed by atoms with van der Waals surface area (Å²) >= 11 is 1.42. The van der Waals surface area contributed by atoms with E-state index in [9.17, 15) is 14.4 Å². The van der Waals surface area contributed by atoms with Gasteiger partial charge in [0.1, 0.15) is 6.54 Å². The van der Waals surface area contributed by atoms with Gasteiger partial charge in [0.25, 0.3) is 5.91 Å². The molecule has 1 aliphatic rings. The number of nitrogens with zero attached hydrogens (tertiary/aromatic N) is 2. The summed E-state index contributed by atoms with van der Waals surface area (Å²) in [7, 11) is 4.95. The van der Waals surface area contributed by atoms with Crippen molar-refractivity contribution in [2.24, 2.45) is 0 Å². The zero-order valence-electron chi connectivity index (χ0n) is 14.7. The molecule has 0 bridgehead atoms. The van der Waals surface area contributed by atoms with Crippen molar-refractivity contribution in [2.75, 3.05) is 51.6 Å². The van der Waals surface area contributed by atoms with Crippen LogP contribution in [-0.4, -0.2) is 69.3 Å². The van der Waals surface area contributed by atoms with Crippen LogP contribution in [0.15, 0.2) is 23.1 Å². The standard InChI is InChI=1S/C17H23N3O4S/c1-19(2)17(23)12-5-6-14-13(9-12)20(16(22)11-25-14)10-15(21)18-7-4-8-24-3/h5-6,9H,4,7-8,10-11H2,1-3H3,(H,18,21). The quantitative estimate of drug-likeness (QED) is 0.729. The molecule has 0 fully saturated rings. The Morgan fingerprint density at radius 2 is 2.12 bits per heavy atom. The molecule has 1 heterocycles. The minimum atomic E-state index is -0.230. The molecule has 1 aromatic carbocycles. The van der Waals surface area contributed by atoms with Crippen molar-refractivity contribution in [3.05, 3.63) is 23.8 Å². The summed E-state index contributed by atoms with van der Waals surface area (Å²) in [6.07, 6.45) is 0.712. The van der Waals surface area contributed by atoms with Crippen LogP contribution >= 0.6 is 11.8 Å². The predicted octanol–water partition coefficient (Wildman–Crippen LogP) is 0.980. The molecule has 2 rings (SSSR count). The molecule has 8 heteroatoms. The van der Waals surface area contributed by atoms with Gasteiger partial charge in [-0.15, -0.1) is 11.8 Å². The van der Waals surface area contributed by atoms with Crippen molar-refractivity contribution in [3.63, 3.8) is 0 Å². The Labute approximate surface area is 151 Å². The number of amides is 3. The number of ether oxygens (including phenoxy) is 1. The van der Waals surface area contributed by atoms with Crippen LogP contribution < -0.4 is 10.2 Å². The highest BCUT2D eigenvalue weighted by Gasteiger charge is 2.27. The van der Waals surface area contributed by atoms with E-state index in [-0.39, 0.29) is 30.0 Å². The number of nitrogens with one attached hydrogen (secondary N) is 1. The molecule has 0 aliphatic carbocycles. The van der Waals surface area contributed by atoms with Gasteiger partial charge in [0.15, 0.2) is 0 Å². The predicted molar refractivity (Wildman–Crippen MR) is 97.0 cm³/mol. The van der Waals surface area contributed by atoms with Gasteiger partial charge in [0.05, 0.1) is 11.4 Å². The molecule has 3 amide bonds. The summed E-state index contributed by atoms with van der Waals surface area (Å²) in [5.41, 5.74) is 1.10. The van der Waals surface area contributed by atoms with Gasteiger partial charge in [-0.05, 0) is 24.6 Å². The van der Waals surface area contributed by atoms with Crippen LogP contribution in [0.5, 0.6) is 0 Å². The molecule has 0 unspecified atom stereocenters. The van der Waals surface area contributed by atoms with Crippen LogP contribution in [0.2, 0.25) is 0 Å². The first-order chi connectivity index (χ1) is 11.9. The summed E-state index contributed by atoms with van der Waals surface area (Å²) in [5, 5.41) is 2.78. The zero-order valence-corrected chi connectivity index (χ0v) is 15.5. The highest BCUT2D eigenvalue weighted by Crippen LogP contribution is 2.36. The SMILES string of the molecule is COCCCNC(=O)CN1C(=O)CSc2ccc(C(=O)N(C)C)cc21. The van der Waals surface area contributed by atoms with Crippen molar-refractivity contribution in [1.29, 1.82) is 0 Å². The lowest BCUT2D eigenvalue weighted by Gasteiger charge is -2.29. The molecule has 0 saturated heterocycles. The Balaban J connectivity index is 2.14. The van der Waals surface area contributed by atoms with Gasteiger partial charge in [-0.2, -0.15) is 0 Å². The van der Waals surface area contributed by atoms with E-state index in [1.807, 2.05) is 6.07 Å². The summed E-state index contributed by atoms with van der Waals surface area (Å²) < 4.78 is 4.94. The number of carbonyl (C=O) groups is 3. The lowest BCUT2D eigenvalue weighted by atomic mass is 10.1. The van der Waals surface area contributed by atoms with Crippen LogP contribution in [0.3, 0.4) is 0 Å². The first-order valence-electron chi connectivity index (χ1n) is 7.98. The molecule has 25 heavy (non-hydrogen) atoms. The van der Waals surface area contributed by atoms with Gasteiger partial charge in [0, 0.05) is 44.8 Å². The largest absolute Gasteiger partial charge is 0.385 e. The van der Waals surface area contributed by atoms with Crippen molar-refractivity contribution in [2.45, 2.75) is 11.3 Å². The highest BCUT2D eigenvalue weighted by atomic mass is 32.2. The summed E-state index contributed by atoms with van der Waals surface area (Å²) in [4.78, 5) is 40.4. The van der Waals surface area contributed by atoms with Crippen molar-refractivity contribution >= 4 is 35.2 Å². The summed E-state index contributed by atoms with van der Waals surface area (Å²) in [5.74, 6) is -0.231. The fourth-order valence-corrected chi connectivity index (χ4v) is 3.33. The van der Waals surface area contributed by atoms with Gasteiger partial charge < -0.3 is 19.9 Å². The average Bonchev–Trinajstić information content (AvgIpc) is 2.60. The highest BCUT2D eigenvalue weighted by molar-refractivity contribution is 8.00. The smallest absolute Gasteiger partial charge is 0.253 e. The van der Waals surface area contributed by atoms with E-state index in [2.05, 4.69) is 5.32 Å². The van der Waals surface area contributed by atoms with Gasteiger partial charge in [0.2, 0.25) is 11.8 Å². The maximum atomic E-state index is 12.3. The second-order valence-electron chi connectivity index (χ2n) is 5.85.